The fraction of sp³-hybridized carbons (Fsp3) is 0.316. The number of hydrogen-bond donors (Lipinski definition) is 1. The van der Waals surface area contributed by atoms with Gasteiger partial charge in [0.15, 0.2) is 0 Å². The Labute approximate surface area is 142 Å². The van der Waals surface area contributed by atoms with Gasteiger partial charge in [-0.25, -0.2) is 0 Å². The zero-order valence-corrected chi connectivity index (χ0v) is 14.0. The summed E-state index contributed by atoms with van der Waals surface area (Å²) in [5.74, 6) is 0.143. The first-order chi connectivity index (χ1) is 11.1. The average Bonchev–Trinajstić information content (AvgIpc) is 3.35. The Morgan fingerprint density at radius 1 is 1.22 bits per heavy atom. The number of nitrogen functional groups attached to an aromatic ring is 1. The van der Waals surface area contributed by atoms with Crippen LogP contribution in [0.25, 0.3) is 0 Å². The molecule has 23 heavy (non-hydrogen) atoms. The van der Waals surface area contributed by atoms with Gasteiger partial charge in [0.25, 0.3) is 0 Å². The maximum absolute atomic E-state index is 12.9. The van der Waals surface area contributed by atoms with E-state index in [0.29, 0.717) is 23.2 Å². The highest BCUT2D eigenvalue weighted by molar-refractivity contribution is 6.31. The lowest BCUT2D eigenvalue weighted by Crippen LogP contribution is -2.36. The van der Waals surface area contributed by atoms with E-state index in [1.54, 1.807) is 0 Å². The van der Waals surface area contributed by atoms with Gasteiger partial charge in [0.1, 0.15) is 0 Å². The summed E-state index contributed by atoms with van der Waals surface area (Å²) in [6.45, 7) is 2.06. The van der Waals surface area contributed by atoms with Gasteiger partial charge in [0, 0.05) is 16.8 Å². The van der Waals surface area contributed by atoms with Gasteiger partial charge in [-0.15, -0.1) is 0 Å². The Balaban J connectivity index is 1.79. The summed E-state index contributed by atoms with van der Waals surface area (Å²) in [4.78, 5) is 14.9. The standard InChI is InChI=1S/C19H21ClN2O/c1-13(17-4-2-3-5-18(17)20)22(16-10-11-16)19(23)12-14-6-8-15(21)9-7-14/h2-9,13,16H,10-12,21H2,1H3. The molecule has 0 bridgehead atoms. The fourth-order valence-corrected chi connectivity index (χ4v) is 3.25. The van der Waals surface area contributed by atoms with Crippen molar-refractivity contribution in [1.82, 2.24) is 4.90 Å². The molecule has 1 aliphatic rings. The van der Waals surface area contributed by atoms with Crippen molar-refractivity contribution in [1.29, 1.82) is 0 Å². The van der Waals surface area contributed by atoms with Gasteiger partial charge < -0.3 is 10.6 Å². The molecule has 1 atom stereocenters. The predicted molar refractivity (Wildman–Crippen MR) is 94.3 cm³/mol. The molecule has 1 aliphatic carbocycles. The summed E-state index contributed by atoms with van der Waals surface area (Å²) in [5, 5.41) is 0.714. The molecule has 3 nitrogen and oxygen atoms in total. The van der Waals surface area contributed by atoms with E-state index in [9.17, 15) is 4.79 Å². The van der Waals surface area contributed by atoms with Crippen LogP contribution in [0.5, 0.6) is 0 Å². The van der Waals surface area contributed by atoms with Gasteiger partial charge in [0.05, 0.1) is 12.5 Å². The smallest absolute Gasteiger partial charge is 0.227 e. The van der Waals surface area contributed by atoms with Crippen LogP contribution in [0, 0.1) is 0 Å². The minimum atomic E-state index is -0.0162. The lowest BCUT2D eigenvalue weighted by Gasteiger charge is -2.30. The molecule has 120 valence electrons. The highest BCUT2D eigenvalue weighted by atomic mass is 35.5. The summed E-state index contributed by atoms with van der Waals surface area (Å²) >= 11 is 6.32. The maximum Gasteiger partial charge on any atom is 0.227 e. The first-order valence-electron chi connectivity index (χ1n) is 7.96. The number of nitrogens with zero attached hydrogens (tertiary/aromatic N) is 1. The van der Waals surface area contributed by atoms with E-state index in [1.807, 2.05) is 53.4 Å². The zero-order chi connectivity index (χ0) is 16.4. The molecule has 1 fully saturated rings. The van der Waals surface area contributed by atoms with Crippen LogP contribution in [-0.2, 0) is 11.2 Å². The van der Waals surface area contributed by atoms with E-state index in [2.05, 4.69) is 6.92 Å². The zero-order valence-electron chi connectivity index (χ0n) is 13.2. The van der Waals surface area contributed by atoms with Crippen LogP contribution in [0.2, 0.25) is 5.02 Å². The van der Waals surface area contributed by atoms with Crippen LogP contribution in [-0.4, -0.2) is 16.8 Å². The highest BCUT2D eigenvalue weighted by Crippen LogP contribution is 2.36. The molecule has 1 amide bonds. The number of nitrogens with two attached hydrogens (primary N) is 1. The SMILES string of the molecule is CC(c1ccccc1Cl)N(C(=O)Cc1ccc(N)cc1)C1CC1. The van der Waals surface area contributed by atoms with Gasteiger partial charge in [-0.1, -0.05) is 41.9 Å². The second-order valence-corrected chi connectivity index (χ2v) is 6.56. The van der Waals surface area contributed by atoms with Gasteiger partial charge in [-0.2, -0.15) is 0 Å². The Morgan fingerprint density at radius 2 is 1.87 bits per heavy atom. The van der Waals surface area contributed by atoms with Crippen molar-refractivity contribution in [2.24, 2.45) is 0 Å². The number of anilines is 1. The summed E-state index contributed by atoms with van der Waals surface area (Å²) in [5.41, 5.74) is 8.41. The summed E-state index contributed by atoms with van der Waals surface area (Å²) in [6.07, 6.45) is 2.54. The van der Waals surface area contributed by atoms with Crippen LogP contribution in [0.4, 0.5) is 5.69 Å². The number of rotatable bonds is 5. The molecule has 0 heterocycles. The number of halogens is 1. The molecular formula is C19H21ClN2O. The average molecular weight is 329 g/mol. The number of benzene rings is 2. The van der Waals surface area contributed by atoms with E-state index in [4.69, 9.17) is 17.3 Å². The van der Waals surface area contributed by atoms with Crippen molar-refractivity contribution in [2.45, 2.75) is 38.3 Å². The molecule has 4 heteroatoms. The molecule has 0 saturated heterocycles. The molecular weight excluding hydrogens is 308 g/mol. The highest BCUT2D eigenvalue weighted by Gasteiger charge is 2.36. The fourth-order valence-electron chi connectivity index (χ4n) is 2.95. The number of carbonyl (C=O) groups is 1. The topological polar surface area (TPSA) is 46.3 Å². The minimum absolute atomic E-state index is 0.0162. The molecule has 2 aromatic rings. The molecule has 2 aromatic carbocycles. The molecule has 0 radical (unpaired) electrons. The lowest BCUT2D eigenvalue weighted by atomic mass is 10.0. The molecule has 3 rings (SSSR count). The first-order valence-corrected chi connectivity index (χ1v) is 8.34. The third kappa shape index (κ3) is 3.67. The van der Waals surface area contributed by atoms with Crippen LogP contribution in [0.1, 0.15) is 36.9 Å². The summed E-state index contributed by atoms with van der Waals surface area (Å²) in [6, 6.07) is 15.6. The van der Waals surface area contributed by atoms with Crippen molar-refractivity contribution in [3.8, 4) is 0 Å². The number of hydrogen-bond acceptors (Lipinski definition) is 2. The summed E-state index contributed by atoms with van der Waals surface area (Å²) < 4.78 is 0. The second-order valence-electron chi connectivity index (χ2n) is 6.15. The van der Waals surface area contributed by atoms with E-state index < -0.39 is 0 Å². The Bertz CT molecular complexity index is 695. The Kier molecular flexibility index (Phi) is 4.58. The quantitative estimate of drug-likeness (QED) is 0.835. The maximum atomic E-state index is 12.9. The molecule has 1 saturated carbocycles. The second kappa shape index (κ2) is 6.63. The van der Waals surface area contributed by atoms with Crippen LogP contribution < -0.4 is 5.73 Å². The molecule has 1 unspecified atom stereocenters. The number of carbonyl (C=O) groups excluding carboxylic acids is 1. The third-order valence-corrected chi connectivity index (χ3v) is 4.68. The predicted octanol–water partition coefficient (Wildman–Crippen LogP) is 4.22. The molecule has 0 aliphatic heterocycles. The molecule has 2 N–H and O–H groups in total. The van der Waals surface area contributed by atoms with Crippen LogP contribution in [0.3, 0.4) is 0 Å². The van der Waals surface area contributed by atoms with E-state index >= 15 is 0 Å². The largest absolute Gasteiger partial charge is 0.399 e. The van der Waals surface area contributed by atoms with Crippen LogP contribution >= 0.6 is 11.6 Å². The third-order valence-electron chi connectivity index (χ3n) is 4.34. The monoisotopic (exact) mass is 328 g/mol. The van der Waals surface area contributed by atoms with E-state index in [0.717, 1.165) is 24.0 Å². The lowest BCUT2D eigenvalue weighted by molar-refractivity contribution is -0.133. The van der Waals surface area contributed by atoms with Crippen molar-refractivity contribution in [3.63, 3.8) is 0 Å². The van der Waals surface area contributed by atoms with E-state index in [-0.39, 0.29) is 11.9 Å². The normalized spacial score (nSPS) is 15.2. The van der Waals surface area contributed by atoms with Crippen molar-refractivity contribution in [2.75, 3.05) is 5.73 Å². The number of amides is 1. The Hall–Kier alpha value is -2.00. The summed E-state index contributed by atoms with van der Waals surface area (Å²) in [7, 11) is 0. The molecule has 0 aromatic heterocycles. The Morgan fingerprint density at radius 3 is 2.48 bits per heavy atom. The van der Waals surface area contributed by atoms with Crippen molar-refractivity contribution < 1.29 is 4.79 Å². The van der Waals surface area contributed by atoms with Gasteiger partial charge in [-0.3, -0.25) is 4.79 Å². The first kappa shape index (κ1) is 15.9. The molecule has 0 spiro atoms. The van der Waals surface area contributed by atoms with Gasteiger partial charge >= 0.3 is 0 Å². The van der Waals surface area contributed by atoms with Crippen molar-refractivity contribution >= 4 is 23.2 Å². The minimum Gasteiger partial charge on any atom is -0.399 e. The van der Waals surface area contributed by atoms with Crippen molar-refractivity contribution in [3.05, 3.63) is 64.7 Å². The van der Waals surface area contributed by atoms with E-state index in [1.165, 1.54) is 0 Å². The van der Waals surface area contributed by atoms with Gasteiger partial charge in [0.2, 0.25) is 5.91 Å². The van der Waals surface area contributed by atoms with Crippen LogP contribution in [0.15, 0.2) is 48.5 Å². The van der Waals surface area contributed by atoms with Gasteiger partial charge in [-0.05, 0) is 49.1 Å².